The largest absolute Gasteiger partial charge is 0.381 e. The number of nitrogen functional groups attached to an aromatic ring is 1. The topological polar surface area (TPSA) is 80.4 Å². The van der Waals surface area contributed by atoms with Crippen LogP contribution < -0.4 is 10.6 Å². The zero-order valence-corrected chi connectivity index (χ0v) is 14.3. The summed E-state index contributed by atoms with van der Waals surface area (Å²) in [7, 11) is 3.84. The van der Waals surface area contributed by atoms with Crippen molar-refractivity contribution in [2.45, 2.75) is 38.6 Å². The molecule has 0 saturated carbocycles. The molecule has 1 aromatic heterocycles. The molecule has 1 spiro atoms. The summed E-state index contributed by atoms with van der Waals surface area (Å²) in [6, 6.07) is 0. The molecule has 2 saturated heterocycles. The minimum atomic E-state index is 0.300. The average Bonchev–Trinajstić information content (AvgIpc) is 2.70. The van der Waals surface area contributed by atoms with E-state index in [1.165, 1.54) is 32.1 Å². The molecule has 0 aromatic carbocycles. The molecular formula is C16H28N6O. The number of anilines is 2. The Labute approximate surface area is 138 Å². The molecule has 0 bridgehead atoms. The number of hydrogen-bond donors (Lipinski definition) is 1. The predicted octanol–water partition coefficient (Wildman–Crippen LogP) is 1.30. The summed E-state index contributed by atoms with van der Waals surface area (Å²) < 4.78 is 5.58. The van der Waals surface area contributed by atoms with Gasteiger partial charge in [0.1, 0.15) is 5.82 Å². The summed E-state index contributed by atoms with van der Waals surface area (Å²) in [4.78, 5) is 17.4. The van der Waals surface area contributed by atoms with Crippen LogP contribution in [-0.4, -0.2) is 60.3 Å². The Bertz CT molecular complexity index is 529. The van der Waals surface area contributed by atoms with E-state index in [1.807, 2.05) is 19.0 Å². The van der Waals surface area contributed by atoms with Gasteiger partial charge in [0.15, 0.2) is 0 Å². The first-order chi connectivity index (χ1) is 11.1. The molecule has 0 unspecified atom stereocenters. The lowest BCUT2D eigenvalue weighted by molar-refractivity contribution is -0.00446. The second kappa shape index (κ2) is 6.97. The van der Waals surface area contributed by atoms with E-state index in [9.17, 15) is 0 Å². The van der Waals surface area contributed by atoms with Gasteiger partial charge < -0.3 is 15.4 Å². The van der Waals surface area contributed by atoms with Gasteiger partial charge in [-0.2, -0.15) is 15.0 Å². The summed E-state index contributed by atoms with van der Waals surface area (Å²) in [6.07, 6.45) is 6.20. The first-order valence-electron chi connectivity index (χ1n) is 8.54. The SMILES string of the molecule is CN(C)c1nc(N)nc(CN2CCCCC3(CCOCC3)C2)n1. The van der Waals surface area contributed by atoms with Crippen molar-refractivity contribution in [3.05, 3.63) is 5.82 Å². The van der Waals surface area contributed by atoms with Gasteiger partial charge in [-0.1, -0.05) is 6.42 Å². The average molecular weight is 320 g/mol. The molecule has 128 valence electrons. The van der Waals surface area contributed by atoms with Crippen molar-refractivity contribution in [3.63, 3.8) is 0 Å². The molecule has 3 rings (SSSR count). The maximum atomic E-state index is 5.85. The number of nitrogens with two attached hydrogens (primary N) is 1. The number of rotatable bonds is 3. The lowest BCUT2D eigenvalue weighted by atomic mass is 9.76. The Balaban J connectivity index is 1.73. The van der Waals surface area contributed by atoms with Crippen molar-refractivity contribution >= 4 is 11.9 Å². The third kappa shape index (κ3) is 4.09. The van der Waals surface area contributed by atoms with Crippen LogP contribution in [-0.2, 0) is 11.3 Å². The Kier molecular flexibility index (Phi) is 4.96. The highest BCUT2D eigenvalue weighted by Crippen LogP contribution is 2.38. The van der Waals surface area contributed by atoms with Gasteiger partial charge in [0, 0.05) is 33.9 Å². The van der Waals surface area contributed by atoms with Crippen LogP contribution in [0.4, 0.5) is 11.9 Å². The van der Waals surface area contributed by atoms with Crippen LogP contribution in [0.1, 0.15) is 37.9 Å². The second-order valence-electron chi connectivity index (χ2n) is 7.08. The van der Waals surface area contributed by atoms with Crippen molar-refractivity contribution in [2.24, 2.45) is 5.41 Å². The highest BCUT2D eigenvalue weighted by molar-refractivity contribution is 5.32. The van der Waals surface area contributed by atoms with Crippen molar-refractivity contribution in [3.8, 4) is 0 Å². The molecule has 2 aliphatic rings. The lowest BCUT2D eigenvalue weighted by Gasteiger charge is -2.39. The van der Waals surface area contributed by atoms with E-state index < -0.39 is 0 Å². The summed E-state index contributed by atoms with van der Waals surface area (Å²) >= 11 is 0. The molecule has 7 nitrogen and oxygen atoms in total. The maximum absolute atomic E-state index is 5.85. The van der Waals surface area contributed by atoms with Crippen LogP contribution in [0.5, 0.6) is 0 Å². The maximum Gasteiger partial charge on any atom is 0.229 e. The van der Waals surface area contributed by atoms with Crippen molar-refractivity contribution < 1.29 is 4.74 Å². The monoisotopic (exact) mass is 320 g/mol. The Morgan fingerprint density at radius 2 is 1.91 bits per heavy atom. The van der Waals surface area contributed by atoms with Gasteiger partial charge in [-0.25, -0.2) is 0 Å². The number of hydrogen-bond acceptors (Lipinski definition) is 7. The molecule has 3 heterocycles. The van der Waals surface area contributed by atoms with Crippen molar-refractivity contribution in [2.75, 3.05) is 51.0 Å². The smallest absolute Gasteiger partial charge is 0.229 e. The van der Waals surface area contributed by atoms with E-state index >= 15 is 0 Å². The van der Waals surface area contributed by atoms with Crippen LogP contribution in [0.15, 0.2) is 0 Å². The van der Waals surface area contributed by atoms with E-state index in [-0.39, 0.29) is 0 Å². The third-order valence-corrected chi connectivity index (χ3v) is 5.00. The molecule has 2 N–H and O–H groups in total. The molecule has 7 heteroatoms. The number of aromatic nitrogens is 3. The summed E-state index contributed by atoms with van der Waals surface area (Å²) in [5.74, 6) is 1.70. The van der Waals surface area contributed by atoms with E-state index in [0.717, 1.165) is 38.7 Å². The van der Waals surface area contributed by atoms with Crippen LogP contribution >= 0.6 is 0 Å². The predicted molar refractivity (Wildman–Crippen MR) is 90.2 cm³/mol. The first-order valence-corrected chi connectivity index (χ1v) is 8.54. The van der Waals surface area contributed by atoms with Gasteiger partial charge >= 0.3 is 0 Å². The van der Waals surface area contributed by atoms with E-state index in [1.54, 1.807) is 0 Å². The summed E-state index contributed by atoms with van der Waals surface area (Å²) in [5.41, 5.74) is 6.26. The third-order valence-electron chi connectivity index (χ3n) is 5.00. The van der Waals surface area contributed by atoms with Gasteiger partial charge in [0.25, 0.3) is 0 Å². The second-order valence-corrected chi connectivity index (χ2v) is 7.08. The van der Waals surface area contributed by atoms with Gasteiger partial charge in [-0.3, -0.25) is 4.90 Å². The normalized spacial score (nSPS) is 22.0. The van der Waals surface area contributed by atoms with Crippen molar-refractivity contribution in [1.82, 2.24) is 19.9 Å². The van der Waals surface area contributed by atoms with Gasteiger partial charge in [0.2, 0.25) is 11.9 Å². The molecule has 0 aliphatic carbocycles. The highest BCUT2D eigenvalue weighted by atomic mass is 16.5. The standard InChI is InChI=1S/C16H28N6O/c1-21(2)15-19-13(18-14(17)20-15)11-22-8-4-3-5-16(12-22)6-9-23-10-7-16/h3-12H2,1-2H3,(H2,17,18,19,20). The summed E-state index contributed by atoms with van der Waals surface area (Å²) in [5, 5.41) is 0. The fraction of sp³-hybridized carbons (Fsp3) is 0.812. The van der Waals surface area contributed by atoms with Crippen molar-refractivity contribution in [1.29, 1.82) is 0 Å². The summed E-state index contributed by atoms with van der Waals surface area (Å²) in [6.45, 7) is 4.76. The minimum Gasteiger partial charge on any atom is -0.381 e. The van der Waals surface area contributed by atoms with E-state index in [0.29, 0.717) is 17.3 Å². The molecule has 0 radical (unpaired) electrons. The number of nitrogens with zero attached hydrogens (tertiary/aromatic N) is 5. The fourth-order valence-corrected chi connectivity index (χ4v) is 3.71. The fourth-order valence-electron chi connectivity index (χ4n) is 3.71. The molecule has 23 heavy (non-hydrogen) atoms. The molecule has 1 aromatic rings. The van der Waals surface area contributed by atoms with Gasteiger partial charge in [-0.05, 0) is 37.6 Å². The number of ether oxygens (including phenoxy) is 1. The van der Waals surface area contributed by atoms with Crippen LogP contribution in [0.2, 0.25) is 0 Å². The zero-order valence-electron chi connectivity index (χ0n) is 14.3. The van der Waals surface area contributed by atoms with Crippen LogP contribution in [0.25, 0.3) is 0 Å². The molecule has 2 fully saturated rings. The molecular weight excluding hydrogens is 292 g/mol. The molecule has 0 amide bonds. The van der Waals surface area contributed by atoms with E-state index in [4.69, 9.17) is 10.5 Å². The quantitative estimate of drug-likeness (QED) is 0.899. The molecule has 0 atom stereocenters. The van der Waals surface area contributed by atoms with Gasteiger partial charge in [-0.15, -0.1) is 0 Å². The van der Waals surface area contributed by atoms with Gasteiger partial charge in [0.05, 0.1) is 6.54 Å². The van der Waals surface area contributed by atoms with Crippen LogP contribution in [0, 0.1) is 5.41 Å². The first kappa shape index (κ1) is 16.4. The highest BCUT2D eigenvalue weighted by Gasteiger charge is 2.35. The van der Waals surface area contributed by atoms with E-state index in [2.05, 4.69) is 19.9 Å². The zero-order chi connectivity index (χ0) is 16.3. The lowest BCUT2D eigenvalue weighted by Crippen LogP contribution is -2.40. The Hall–Kier alpha value is -1.47. The molecule has 2 aliphatic heterocycles. The van der Waals surface area contributed by atoms with Crippen LogP contribution in [0.3, 0.4) is 0 Å². The minimum absolute atomic E-state index is 0.300. The Morgan fingerprint density at radius 3 is 2.65 bits per heavy atom. The number of likely N-dealkylation sites (tertiary alicyclic amines) is 1. The Morgan fingerprint density at radius 1 is 1.13 bits per heavy atom.